The highest BCUT2D eigenvalue weighted by Crippen LogP contribution is 2.23. The number of halogens is 1. The largest absolute Gasteiger partial charge is 0.338 e. The van der Waals surface area contributed by atoms with Crippen LogP contribution in [0.1, 0.15) is 13.3 Å². The molecular formula is C19H22ClN3O4S2. The van der Waals surface area contributed by atoms with Gasteiger partial charge in [0.25, 0.3) is 5.56 Å². The average molecular weight is 456 g/mol. The van der Waals surface area contributed by atoms with E-state index in [2.05, 4.69) is 11.6 Å². The Bertz CT molecular complexity index is 1110. The average Bonchev–Trinajstić information content (AvgIpc) is 3.02. The lowest BCUT2D eigenvalue weighted by Gasteiger charge is -2.26. The van der Waals surface area contributed by atoms with Crippen LogP contribution in [0.2, 0.25) is 5.02 Å². The molecular weight excluding hydrogens is 434 g/mol. The van der Waals surface area contributed by atoms with Crippen molar-refractivity contribution in [1.82, 2.24) is 14.5 Å². The van der Waals surface area contributed by atoms with Crippen LogP contribution in [0.4, 0.5) is 0 Å². The zero-order chi connectivity index (χ0) is 21.2. The van der Waals surface area contributed by atoms with E-state index in [9.17, 15) is 18.0 Å². The van der Waals surface area contributed by atoms with E-state index in [0.717, 1.165) is 11.8 Å². The van der Waals surface area contributed by atoms with Crippen molar-refractivity contribution >= 4 is 50.0 Å². The lowest BCUT2D eigenvalue weighted by atomic mass is 10.2. The van der Waals surface area contributed by atoms with Crippen LogP contribution in [0.25, 0.3) is 10.9 Å². The number of fused-ring (bicyclic) bond motifs is 1. The molecule has 0 N–H and O–H groups in total. The van der Waals surface area contributed by atoms with Crippen LogP contribution in [0, 0.1) is 0 Å². The molecule has 1 amide bonds. The first-order valence-corrected chi connectivity index (χ1v) is 12.4. The molecule has 2 aromatic rings. The molecule has 10 heteroatoms. The number of hydrogen-bond acceptors (Lipinski definition) is 6. The first-order valence-electron chi connectivity index (χ1n) is 9.19. The van der Waals surface area contributed by atoms with Crippen LogP contribution in [-0.2, 0) is 21.2 Å². The Labute approximate surface area is 178 Å². The highest BCUT2D eigenvalue weighted by Gasteiger charge is 2.33. The van der Waals surface area contributed by atoms with E-state index in [4.69, 9.17) is 11.6 Å². The second-order valence-electron chi connectivity index (χ2n) is 6.79. The second kappa shape index (κ2) is 8.89. The third-order valence-electron chi connectivity index (χ3n) is 4.83. The third kappa shape index (κ3) is 4.84. The summed E-state index contributed by atoms with van der Waals surface area (Å²) in [6, 6.07) is 4.59. The van der Waals surface area contributed by atoms with Crippen LogP contribution in [0.3, 0.4) is 0 Å². The van der Waals surface area contributed by atoms with Gasteiger partial charge in [-0.2, -0.15) is 0 Å². The number of rotatable bonds is 7. The maximum atomic E-state index is 12.8. The van der Waals surface area contributed by atoms with Crippen LogP contribution in [0.15, 0.2) is 40.8 Å². The Kier molecular flexibility index (Phi) is 6.70. The number of aromatic nitrogens is 2. The first kappa shape index (κ1) is 21.9. The minimum absolute atomic E-state index is 0.00510. The fourth-order valence-electron chi connectivity index (χ4n) is 3.44. The zero-order valence-electron chi connectivity index (χ0n) is 16.0. The van der Waals surface area contributed by atoms with Gasteiger partial charge in [0.2, 0.25) is 5.91 Å². The summed E-state index contributed by atoms with van der Waals surface area (Å²) >= 11 is 7.18. The number of carbonyl (C=O) groups excluding carboxylic acids is 1. The quantitative estimate of drug-likeness (QED) is 0.361. The Morgan fingerprint density at radius 3 is 2.86 bits per heavy atom. The van der Waals surface area contributed by atoms with Gasteiger partial charge in [-0.1, -0.05) is 29.4 Å². The van der Waals surface area contributed by atoms with E-state index in [-0.39, 0.29) is 41.3 Å². The van der Waals surface area contributed by atoms with Gasteiger partial charge in [0, 0.05) is 24.2 Å². The summed E-state index contributed by atoms with van der Waals surface area (Å²) in [6.07, 6.45) is 2.05. The van der Waals surface area contributed by atoms with Gasteiger partial charge in [-0.3, -0.25) is 14.2 Å². The molecule has 1 fully saturated rings. The molecule has 0 radical (unpaired) electrons. The van der Waals surface area contributed by atoms with Crippen LogP contribution < -0.4 is 5.56 Å². The van der Waals surface area contributed by atoms with E-state index in [0.29, 0.717) is 34.0 Å². The summed E-state index contributed by atoms with van der Waals surface area (Å²) in [5.41, 5.74) is 0.239. The van der Waals surface area contributed by atoms with Gasteiger partial charge in [0.1, 0.15) is 0 Å². The Morgan fingerprint density at radius 1 is 1.48 bits per heavy atom. The molecule has 1 aliphatic heterocycles. The SMILES string of the molecule is C=CCn1c(SCC(=O)N(CC)C2CCS(=O)(=O)C2)nc2cc(Cl)ccc2c1=O. The van der Waals surface area contributed by atoms with Crippen molar-refractivity contribution in [3.8, 4) is 0 Å². The Hall–Kier alpha value is -1.84. The van der Waals surface area contributed by atoms with Gasteiger partial charge in [-0.05, 0) is 31.5 Å². The standard InChI is InChI=1S/C19H22ClN3O4S2/c1-3-8-23-18(25)15-6-5-13(20)10-16(15)21-19(23)28-11-17(24)22(4-2)14-7-9-29(26,27)12-14/h3,5-6,10,14H,1,4,7-9,11-12H2,2H3. The summed E-state index contributed by atoms with van der Waals surface area (Å²) in [4.78, 5) is 31.7. The molecule has 1 unspecified atom stereocenters. The monoisotopic (exact) mass is 455 g/mol. The van der Waals surface area contributed by atoms with Gasteiger partial charge < -0.3 is 4.90 Å². The van der Waals surface area contributed by atoms with Gasteiger partial charge >= 0.3 is 0 Å². The van der Waals surface area contributed by atoms with Crippen molar-refractivity contribution in [3.63, 3.8) is 0 Å². The molecule has 156 valence electrons. The molecule has 1 saturated heterocycles. The molecule has 0 saturated carbocycles. The molecule has 1 aliphatic rings. The number of thioether (sulfide) groups is 1. The number of amides is 1. The number of nitrogens with zero attached hydrogens (tertiary/aromatic N) is 3. The molecule has 29 heavy (non-hydrogen) atoms. The van der Waals surface area contributed by atoms with Gasteiger partial charge in [-0.15, -0.1) is 6.58 Å². The van der Waals surface area contributed by atoms with Crippen molar-refractivity contribution in [2.45, 2.75) is 31.1 Å². The smallest absolute Gasteiger partial charge is 0.262 e. The predicted octanol–water partition coefficient (Wildman–Crippen LogP) is 2.36. The van der Waals surface area contributed by atoms with Gasteiger partial charge in [0.15, 0.2) is 15.0 Å². The normalized spacial score (nSPS) is 18.1. The fraction of sp³-hybridized carbons (Fsp3) is 0.421. The third-order valence-corrected chi connectivity index (χ3v) is 7.78. The fourth-order valence-corrected chi connectivity index (χ4v) is 6.23. The summed E-state index contributed by atoms with van der Waals surface area (Å²) in [5, 5.41) is 1.31. The molecule has 1 aromatic heterocycles. The van der Waals surface area contributed by atoms with Gasteiger partial charge in [-0.25, -0.2) is 13.4 Å². The van der Waals surface area contributed by atoms with Crippen LogP contribution in [-0.4, -0.2) is 58.6 Å². The topological polar surface area (TPSA) is 89.3 Å². The molecule has 2 heterocycles. The van der Waals surface area contributed by atoms with Crippen molar-refractivity contribution in [3.05, 3.63) is 46.2 Å². The molecule has 1 atom stereocenters. The molecule has 3 rings (SSSR count). The van der Waals surface area contributed by atoms with Crippen molar-refractivity contribution in [2.24, 2.45) is 0 Å². The van der Waals surface area contributed by atoms with Crippen molar-refractivity contribution in [2.75, 3.05) is 23.8 Å². The molecule has 0 bridgehead atoms. The van der Waals surface area contributed by atoms with Gasteiger partial charge in [0.05, 0.1) is 28.2 Å². The molecule has 7 nitrogen and oxygen atoms in total. The predicted molar refractivity (Wildman–Crippen MR) is 116 cm³/mol. The maximum Gasteiger partial charge on any atom is 0.262 e. The van der Waals surface area contributed by atoms with E-state index in [1.54, 1.807) is 29.2 Å². The zero-order valence-corrected chi connectivity index (χ0v) is 18.4. The molecule has 0 aliphatic carbocycles. The minimum Gasteiger partial charge on any atom is -0.338 e. The highest BCUT2D eigenvalue weighted by molar-refractivity contribution is 7.99. The number of benzene rings is 1. The summed E-state index contributed by atoms with van der Waals surface area (Å²) in [5.74, 6) is -0.00348. The number of allylic oxidation sites excluding steroid dienone is 1. The Morgan fingerprint density at radius 2 is 2.24 bits per heavy atom. The van der Waals surface area contributed by atoms with Crippen LogP contribution >= 0.6 is 23.4 Å². The van der Waals surface area contributed by atoms with E-state index < -0.39 is 9.84 Å². The Balaban J connectivity index is 1.85. The number of carbonyl (C=O) groups is 1. The summed E-state index contributed by atoms with van der Waals surface area (Å²) < 4.78 is 25.0. The molecule has 0 spiro atoms. The minimum atomic E-state index is -3.08. The van der Waals surface area contributed by atoms with Crippen LogP contribution in [0.5, 0.6) is 0 Å². The lowest BCUT2D eigenvalue weighted by molar-refractivity contribution is -0.129. The maximum absolute atomic E-state index is 12.8. The van der Waals surface area contributed by atoms with E-state index in [1.165, 1.54) is 4.57 Å². The van der Waals surface area contributed by atoms with E-state index in [1.807, 2.05) is 6.92 Å². The lowest BCUT2D eigenvalue weighted by Crippen LogP contribution is -2.42. The van der Waals surface area contributed by atoms with Crippen molar-refractivity contribution in [1.29, 1.82) is 0 Å². The highest BCUT2D eigenvalue weighted by atomic mass is 35.5. The molecule has 1 aromatic carbocycles. The first-order chi connectivity index (χ1) is 13.8. The number of sulfone groups is 1. The van der Waals surface area contributed by atoms with Crippen molar-refractivity contribution < 1.29 is 13.2 Å². The second-order valence-corrected chi connectivity index (χ2v) is 10.4. The summed E-state index contributed by atoms with van der Waals surface area (Å²) in [6.45, 7) is 6.21. The number of hydrogen-bond donors (Lipinski definition) is 0. The summed E-state index contributed by atoms with van der Waals surface area (Å²) in [7, 11) is -3.08. The van der Waals surface area contributed by atoms with E-state index >= 15 is 0 Å².